The van der Waals surface area contributed by atoms with Crippen molar-refractivity contribution in [3.05, 3.63) is 11.7 Å². The third-order valence-electron chi connectivity index (χ3n) is 3.53. The molecule has 10 heteroatoms. The average Bonchev–Trinajstić information content (AvgIpc) is 2.95. The van der Waals surface area contributed by atoms with E-state index in [0.717, 1.165) is 19.5 Å². The van der Waals surface area contributed by atoms with E-state index in [4.69, 9.17) is 15.0 Å². The number of ether oxygens (including phenoxy) is 1. The SMILES string of the molecule is CCc1nc(CN2CCN(C(=O)C(N)COC)CC2)no1.Cl.Cl. The van der Waals surface area contributed by atoms with Gasteiger partial charge in [-0.1, -0.05) is 12.1 Å². The lowest BCUT2D eigenvalue weighted by Gasteiger charge is -2.35. The third-order valence-corrected chi connectivity index (χ3v) is 3.53. The normalized spacial score (nSPS) is 16.4. The highest BCUT2D eigenvalue weighted by atomic mass is 35.5. The van der Waals surface area contributed by atoms with Gasteiger partial charge in [0.1, 0.15) is 6.04 Å². The van der Waals surface area contributed by atoms with Gasteiger partial charge in [-0.25, -0.2) is 0 Å². The van der Waals surface area contributed by atoms with Crippen LogP contribution in [0.25, 0.3) is 0 Å². The van der Waals surface area contributed by atoms with Crippen molar-refractivity contribution in [2.24, 2.45) is 5.73 Å². The minimum atomic E-state index is -0.578. The van der Waals surface area contributed by atoms with E-state index in [9.17, 15) is 4.79 Å². The van der Waals surface area contributed by atoms with Crippen LogP contribution in [-0.2, 0) is 22.5 Å². The molecule has 1 aliphatic heterocycles. The minimum absolute atomic E-state index is 0. The Morgan fingerprint density at radius 2 is 2.00 bits per heavy atom. The van der Waals surface area contributed by atoms with Gasteiger partial charge in [0, 0.05) is 39.7 Å². The Morgan fingerprint density at radius 1 is 1.35 bits per heavy atom. The maximum Gasteiger partial charge on any atom is 0.241 e. The molecule has 2 heterocycles. The topological polar surface area (TPSA) is 97.7 Å². The highest BCUT2D eigenvalue weighted by Gasteiger charge is 2.25. The number of piperazine rings is 1. The Bertz CT molecular complexity index is 466. The van der Waals surface area contributed by atoms with Crippen LogP contribution in [0, 0.1) is 0 Å². The van der Waals surface area contributed by atoms with E-state index in [1.54, 1.807) is 12.0 Å². The molecule has 2 rings (SSSR count). The quantitative estimate of drug-likeness (QED) is 0.758. The average molecular weight is 370 g/mol. The van der Waals surface area contributed by atoms with Gasteiger partial charge in [-0.15, -0.1) is 24.8 Å². The smallest absolute Gasteiger partial charge is 0.241 e. The van der Waals surface area contributed by atoms with Gasteiger partial charge in [0.15, 0.2) is 5.82 Å². The van der Waals surface area contributed by atoms with Crippen LogP contribution in [0.4, 0.5) is 0 Å². The van der Waals surface area contributed by atoms with E-state index in [1.165, 1.54) is 0 Å². The van der Waals surface area contributed by atoms with E-state index in [2.05, 4.69) is 15.0 Å². The molecule has 1 aromatic rings. The number of nitrogens with two attached hydrogens (primary N) is 1. The zero-order valence-electron chi connectivity index (χ0n) is 13.4. The predicted octanol–water partition coefficient (Wildman–Crippen LogP) is 0.0935. The molecule has 0 radical (unpaired) electrons. The molecule has 0 saturated carbocycles. The first-order chi connectivity index (χ1) is 10.1. The van der Waals surface area contributed by atoms with E-state index in [0.29, 0.717) is 31.3 Å². The maximum atomic E-state index is 12.1. The van der Waals surface area contributed by atoms with Gasteiger partial charge in [-0.05, 0) is 0 Å². The molecule has 8 nitrogen and oxygen atoms in total. The monoisotopic (exact) mass is 369 g/mol. The number of amides is 1. The minimum Gasteiger partial charge on any atom is -0.383 e. The summed E-state index contributed by atoms with van der Waals surface area (Å²) in [6, 6.07) is -0.578. The van der Waals surface area contributed by atoms with Crippen molar-refractivity contribution in [3.63, 3.8) is 0 Å². The number of hydrogen-bond acceptors (Lipinski definition) is 7. The molecule has 1 aliphatic rings. The fraction of sp³-hybridized carbons (Fsp3) is 0.769. The van der Waals surface area contributed by atoms with Crippen LogP contribution >= 0.6 is 24.8 Å². The summed E-state index contributed by atoms with van der Waals surface area (Å²) in [7, 11) is 1.54. The molecule has 1 fully saturated rings. The number of methoxy groups -OCH3 is 1. The Balaban J connectivity index is 0.00000242. The van der Waals surface area contributed by atoms with Crippen molar-refractivity contribution in [2.45, 2.75) is 25.9 Å². The molecule has 0 bridgehead atoms. The maximum absolute atomic E-state index is 12.1. The van der Waals surface area contributed by atoms with Crippen molar-refractivity contribution in [1.82, 2.24) is 19.9 Å². The van der Waals surface area contributed by atoms with Crippen molar-refractivity contribution < 1.29 is 14.1 Å². The fourth-order valence-electron chi connectivity index (χ4n) is 2.31. The summed E-state index contributed by atoms with van der Waals surface area (Å²) in [6.07, 6.45) is 0.743. The summed E-state index contributed by atoms with van der Waals surface area (Å²) >= 11 is 0. The first-order valence-corrected chi connectivity index (χ1v) is 7.21. The molecule has 0 aliphatic carbocycles. The van der Waals surface area contributed by atoms with Crippen LogP contribution < -0.4 is 5.73 Å². The van der Waals surface area contributed by atoms with Crippen LogP contribution in [0.2, 0.25) is 0 Å². The predicted molar refractivity (Wildman–Crippen MR) is 89.9 cm³/mol. The molecule has 0 aromatic carbocycles. The Morgan fingerprint density at radius 3 is 2.52 bits per heavy atom. The highest BCUT2D eigenvalue weighted by Crippen LogP contribution is 2.08. The standard InChI is InChI=1S/C13H23N5O3.2ClH/c1-3-12-15-11(16-21-12)8-17-4-6-18(7-5-17)13(19)10(14)9-20-2;;/h10H,3-9,14H2,1-2H3;2*1H. The number of hydrogen-bond donors (Lipinski definition) is 1. The van der Waals surface area contributed by atoms with E-state index < -0.39 is 6.04 Å². The number of carbonyl (C=O) groups is 1. The second-order valence-electron chi connectivity index (χ2n) is 5.12. The third kappa shape index (κ3) is 6.23. The van der Waals surface area contributed by atoms with E-state index in [1.807, 2.05) is 6.92 Å². The molecule has 134 valence electrons. The molecular formula is C13H25Cl2N5O3. The molecule has 1 unspecified atom stereocenters. The molecule has 0 spiro atoms. The summed E-state index contributed by atoms with van der Waals surface area (Å²) < 4.78 is 10.0. The number of aromatic nitrogens is 2. The lowest BCUT2D eigenvalue weighted by atomic mass is 10.2. The zero-order chi connectivity index (χ0) is 15.2. The van der Waals surface area contributed by atoms with Crippen molar-refractivity contribution >= 4 is 30.7 Å². The van der Waals surface area contributed by atoms with Gasteiger partial charge >= 0.3 is 0 Å². The number of carbonyl (C=O) groups excluding carboxylic acids is 1. The number of aryl methyl sites for hydroxylation is 1. The van der Waals surface area contributed by atoms with Gasteiger partial charge < -0.3 is 19.9 Å². The van der Waals surface area contributed by atoms with Crippen molar-refractivity contribution in [3.8, 4) is 0 Å². The second kappa shape index (κ2) is 10.8. The van der Waals surface area contributed by atoms with Crippen molar-refractivity contribution in [2.75, 3.05) is 39.9 Å². The summed E-state index contributed by atoms with van der Waals surface area (Å²) in [5.41, 5.74) is 5.77. The Kier molecular flexibility index (Phi) is 10.3. The van der Waals surface area contributed by atoms with Crippen LogP contribution in [0.1, 0.15) is 18.6 Å². The van der Waals surface area contributed by atoms with Gasteiger partial charge in [-0.2, -0.15) is 4.98 Å². The Hall–Kier alpha value is -0.930. The van der Waals surface area contributed by atoms with Crippen LogP contribution in [-0.4, -0.2) is 71.8 Å². The molecule has 1 saturated heterocycles. The molecular weight excluding hydrogens is 345 g/mol. The van der Waals surface area contributed by atoms with Crippen LogP contribution in [0.5, 0.6) is 0 Å². The lowest BCUT2D eigenvalue weighted by molar-refractivity contribution is -0.135. The summed E-state index contributed by atoms with van der Waals surface area (Å²) in [5, 5.41) is 3.94. The van der Waals surface area contributed by atoms with E-state index in [-0.39, 0.29) is 37.3 Å². The molecule has 2 N–H and O–H groups in total. The van der Waals surface area contributed by atoms with Crippen LogP contribution in [0.15, 0.2) is 4.52 Å². The first kappa shape index (κ1) is 22.1. The lowest BCUT2D eigenvalue weighted by Crippen LogP contribution is -2.53. The first-order valence-electron chi connectivity index (χ1n) is 7.21. The second-order valence-corrected chi connectivity index (χ2v) is 5.12. The molecule has 1 atom stereocenters. The fourth-order valence-corrected chi connectivity index (χ4v) is 2.31. The van der Waals surface area contributed by atoms with Gasteiger partial charge in [0.25, 0.3) is 0 Å². The Labute approximate surface area is 148 Å². The zero-order valence-corrected chi connectivity index (χ0v) is 15.1. The summed E-state index contributed by atoms with van der Waals surface area (Å²) in [6.45, 7) is 5.76. The number of rotatable bonds is 6. The van der Waals surface area contributed by atoms with E-state index >= 15 is 0 Å². The van der Waals surface area contributed by atoms with Crippen LogP contribution in [0.3, 0.4) is 0 Å². The van der Waals surface area contributed by atoms with Crippen molar-refractivity contribution in [1.29, 1.82) is 0 Å². The summed E-state index contributed by atoms with van der Waals surface area (Å²) in [4.78, 5) is 20.3. The van der Waals surface area contributed by atoms with Gasteiger partial charge in [-0.3, -0.25) is 9.69 Å². The molecule has 1 aromatic heterocycles. The molecule has 1 amide bonds. The largest absolute Gasteiger partial charge is 0.383 e. The van der Waals surface area contributed by atoms with Gasteiger partial charge in [0.05, 0.1) is 13.2 Å². The summed E-state index contributed by atoms with van der Waals surface area (Å²) in [5.74, 6) is 1.30. The molecule has 23 heavy (non-hydrogen) atoms. The number of nitrogens with zero attached hydrogens (tertiary/aromatic N) is 4. The number of halogens is 2. The van der Waals surface area contributed by atoms with Gasteiger partial charge in [0.2, 0.25) is 11.8 Å². The highest BCUT2D eigenvalue weighted by molar-refractivity contribution is 5.85.